The number of amides is 1. The van der Waals surface area contributed by atoms with Gasteiger partial charge in [0.15, 0.2) is 0 Å². The minimum Gasteiger partial charge on any atom is -0.329 e. The van der Waals surface area contributed by atoms with Crippen LogP contribution < -0.4 is 0 Å². The normalized spacial score (nSPS) is 15.0. The highest BCUT2D eigenvalue weighted by molar-refractivity contribution is 5.93. The number of carbonyl (C=O) groups excluding carboxylic acids is 1. The van der Waals surface area contributed by atoms with Crippen LogP contribution in [-0.2, 0) is 4.79 Å². The topological polar surface area (TPSA) is 23.6 Å². The largest absolute Gasteiger partial charge is 0.329 e. The van der Waals surface area contributed by atoms with Crippen molar-refractivity contribution in [3.63, 3.8) is 0 Å². The predicted molar refractivity (Wildman–Crippen MR) is 96.3 cm³/mol. The van der Waals surface area contributed by atoms with Crippen molar-refractivity contribution >= 4 is 5.91 Å². The maximum Gasteiger partial charge on any atom is 0.298 e. The molecule has 0 bridgehead atoms. The molecule has 2 aromatic carbocycles. The third-order valence-corrected chi connectivity index (χ3v) is 4.43. The van der Waals surface area contributed by atoms with E-state index in [0.29, 0.717) is 0 Å². The van der Waals surface area contributed by atoms with E-state index in [1.165, 1.54) is 11.1 Å². The summed E-state index contributed by atoms with van der Waals surface area (Å²) in [4.78, 5) is 16.2. The lowest BCUT2D eigenvalue weighted by Gasteiger charge is -2.39. The van der Waals surface area contributed by atoms with Crippen LogP contribution in [0.4, 0.5) is 0 Å². The van der Waals surface area contributed by atoms with Gasteiger partial charge in [-0.05, 0) is 24.0 Å². The number of hydrogen-bond acceptors (Lipinski definition) is 2. The van der Waals surface area contributed by atoms with Crippen molar-refractivity contribution in [2.24, 2.45) is 0 Å². The van der Waals surface area contributed by atoms with Gasteiger partial charge in [0.25, 0.3) is 5.91 Å². The second kappa shape index (κ2) is 7.81. The fourth-order valence-corrected chi connectivity index (χ4v) is 3.25. The first kappa shape index (κ1) is 16.3. The lowest BCUT2D eigenvalue weighted by Crippen LogP contribution is -2.49. The summed E-state index contributed by atoms with van der Waals surface area (Å²) >= 11 is 0. The Morgan fingerprint density at radius 3 is 1.83 bits per heavy atom. The molecule has 2 aromatic rings. The molecular weight excluding hydrogens is 296 g/mol. The van der Waals surface area contributed by atoms with Crippen molar-refractivity contribution in [3.8, 4) is 11.8 Å². The zero-order valence-electron chi connectivity index (χ0n) is 14.0. The van der Waals surface area contributed by atoms with Gasteiger partial charge in [0, 0.05) is 26.2 Å². The van der Waals surface area contributed by atoms with Crippen LogP contribution in [0.25, 0.3) is 0 Å². The zero-order valence-corrected chi connectivity index (χ0v) is 14.0. The second-order valence-electron chi connectivity index (χ2n) is 5.93. The lowest BCUT2D eigenvalue weighted by molar-refractivity contribution is -0.127. The molecule has 1 heterocycles. The monoisotopic (exact) mass is 318 g/mol. The van der Waals surface area contributed by atoms with Gasteiger partial charge in [0.05, 0.1) is 6.04 Å². The maximum absolute atomic E-state index is 11.9. The van der Waals surface area contributed by atoms with Crippen LogP contribution >= 0.6 is 0 Å². The Morgan fingerprint density at radius 1 is 0.875 bits per heavy atom. The maximum atomic E-state index is 11.9. The molecule has 24 heavy (non-hydrogen) atoms. The van der Waals surface area contributed by atoms with Gasteiger partial charge in [-0.15, -0.1) is 0 Å². The molecule has 1 aliphatic rings. The fraction of sp³-hybridized carbons (Fsp3) is 0.286. The minimum absolute atomic E-state index is 0.0619. The highest BCUT2D eigenvalue weighted by atomic mass is 16.2. The van der Waals surface area contributed by atoms with Crippen molar-refractivity contribution in [2.75, 3.05) is 26.2 Å². The molecule has 1 saturated heterocycles. The number of hydrogen-bond donors (Lipinski definition) is 0. The number of nitrogens with zero attached hydrogens (tertiary/aromatic N) is 2. The molecule has 0 radical (unpaired) electrons. The van der Waals surface area contributed by atoms with Gasteiger partial charge in [0.1, 0.15) is 0 Å². The van der Waals surface area contributed by atoms with E-state index in [2.05, 4.69) is 65.3 Å². The van der Waals surface area contributed by atoms with E-state index < -0.39 is 0 Å². The Morgan fingerprint density at radius 2 is 1.38 bits per heavy atom. The summed E-state index contributed by atoms with van der Waals surface area (Å²) in [6, 6.07) is 21.4. The van der Waals surface area contributed by atoms with Crippen molar-refractivity contribution in [1.29, 1.82) is 0 Å². The molecule has 1 amide bonds. The van der Waals surface area contributed by atoms with E-state index in [4.69, 9.17) is 0 Å². The Bertz CT molecular complexity index is 683. The second-order valence-corrected chi connectivity index (χ2v) is 5.93. The molecule has 0 N–H and O–H groups in total. The van der Waals surface area contributed by atoms with E-state index >= 15 is 0 Å². The Hall–Kier alpha value is -2.57. The zero-order chi connectivity index (χ0) is 16.8. The van der Waals surface area contributed by atoms with Crippen molar-refractivity contribution in [3.05, 3.63) is 71.8 Å². The summed E-state index contributed by atoms with van der Waals surface area (Å²) in [5.74, 6) is 5.27. The van der Waals surface area contributed by atoms with E-state index in [-0.39, 0.29) is 11.9 Å². The first-order chi connectivity index (χ1) is 11.8. The Labute approximate surface area is 143 Å². The van der Waals surface area contributed by atoms with Gasteiger partial charge < -0.3 is 4.90 Å². The number of carbonyl (C=O) groups is 1. The smallest absolute Gasteiger partial charge is 0.298 e. The molecule has 3 heteroatoms. The average molecular weight is 318 g/mol. The Balaban J connectivity index is 1.80. The van der Waals surface area contributed by atoms with E-state index in [0.717, 1.165) is 26.2 Å². The van der Waals surface area contributed by atoms with E-state index in [1.54, 1.807) is 6.92 Å². The predicted octanol–water partition coefficient (Wildman–Crippen LogP) is 2.94. The Kier molecular flexibility index (Phi) is 5.30. The summed E-state index contributed by atoms with van der Waals surface area (Å²) in [7, 11) is 0. The van der Waals surface area contributed by atoms with Crippen LogP contribution in [0.5, 0.6) is 0 Å². The lowest BCUT2D eigenvalue weighted by atomic mass is 9.96. The van der Waals surface area contributed by atoms with Crippen LogP contribution in [0.3, 0.4) is 0 Å². The average Bonchev–Trinajstić information content (AvgIpc) is 2.64. The molecule has 1 fully saturated rings. The molecule has 0 spiro atoms. The molecule has 122 valence electrons. The minimum atomic E-state index is -0.0619. The van der Waals surface area contributed by atoms with E-state index in [1.807, 2.05) is 17.0 Å². The van der Waals surface area contributed by atoms with Gasteiger partial charge in [-0.25, -0.2) is 0 Å². The summed E-state index contributed by atoms with van der Waals surface area (Å²) in [5, 5.41) is 0. The fourth-order valence-electron chi connectivity index (χ4n) is 3.25. The molecule has 0 atom stereocenters. The van der Waals surface area contributed by atoms with Crippen LogP contribution in [-0.4, -0.2) is 41.9 Å². The summed E-state index contributed by atoms with van der Waals surface area (Å²) in [6.07, 6.45) is 0. The summed E-state index contributed by atoms with van der Waals surface area (Å²) < 4.78 is 0. The van der Waals surface area contributed by atoms with Gasteiger partial charge in [0.2, 0.25) is 0 Å². The molecule has 0 saturated carbocycles. The molecular formula is C21H22N2O. The SMILES string of the molecule is CC#CC(=O)N1CCN(C(c2ccccc2)c2ccccc2)CC1. The molecule has 0 aliphatic carbocycles. The first-order valence-corrected chi connectivity index (χ1v) is 8.35. The van der Waals surface area contributed by atoms with Crippen molar-refractivity contribution < 1.29 is 4.79 Å². The van der Waals surface area contributed by atoms with Gasteiger partial charge >= 0.3 is 0 Å². The number of piperazine rings is 1. The van der Waals surface area contributed by atoms with Gasteiger partial charge in [-0.1, -0.05) is 66.6 Å². The van der Waals surface area contributed by atoms with Crippen LogP contribution in [0.1, 0.15) is 24.1 Å². The number of benzene rings is 2. The summed E-state index contributed by atoms with van der Waals surface area (Å²) in [5.41, 5.74) is 2.58. The third-order valence-electron chi connectivity index (χ3n) is 4.43. The molecule has 3 nitrogen and oxygen atoms in total. The highest BCUT2D eigenvalue weighted by Crippen LogP contribution is 2.29. The quantitative estimate of drug-likeness (QED) is 0.813. The van der Waals surface area contributed by atoms with Crippen molar-refractivity contribution in [2.45, 2.75) is 13.0 Å². The molecule has 3 rings (SSSR count). The molecule has 0 aromatic heterocycles. The number of rotatable bonds is 3. The van der Waals surface area contributed by atoms with Crippen LogP contribution in [0, 0.1) is 11.8 Å². The third kappa shape index (κ3) is 3.67. The first-order valence-electron chi connectivity index (χ1n) is 8.35. The van der Waals surface area contributed by atoms with Crippen LogP contribution in [0.15, 0.2) is 60.7 Å². The highest BCUT2D eigenvalue weighted by Gasteiger charge is 2.27. The van der Waals surface area contributed by atoms with Gasteiger partial charge in [-0.3, -0.25) is 9.69 Å². The molecule has 0 unspecified atom stereocenters. The molecule has 1 aliphatic heterocycles. The van der Waals surface area contributed by atoms with Gasteiger partial charge in [-0.2, -0.15) is 0 Å². The van der Waals surface area contributed by atoms with E-state index in [9.17, 15) is 4.79 Å². The van der Waals surface area contributed by atoms with Crippen LogP contribution in [0.2, 0.25) is 0 Å². The standard InChI is InChI=1S/C21H22N2O/c1-2-9-20(24)22-14-16-23(17-15-22)21(18-10-5-3-6-11-18)19-12-7-4-8-13-19/h3-8,10-13,21H,14-17H2,1H3. The summed E-state index contributed by atoms with van der Waals surface area (Å²) in [6.45, 7) is 4.86. The van der Waals surface area contributed by atoms with Crippen molar-refractivity contribution in [1.82, 2.24) is 9.80 Å².